The molecule has 0 saturated carbocycles. The first-order chi connectivity index (χ1) is 12.1. The first-order valence-electron chi connectivity index (χ1n) is 8.24. The van der Waals surface area contributed by atoms with Gasteiger partial charge in [0.05, 0.1) is 12.1 Å². The number of hydrogen-bond acceptors (Lipinski definition) is 3. The van der Waals surface area contributed by atoms with Crippen molar-refractivity contribution in [1.29, 1.82) is 0 Å². The van der Waals surface area contributed by atoms with E-state index in [0.717, 1.165) is 16.5 Å². The van der Waals surface area contributed by atoms with Crippen LogP contribution >= 0.6 is 0 Å². The van der Waals surface area contributed by atoms with Crippen molar-refractivity contribution in [1.82, 2.24) is 15.6 Å². The summed E-state index contributed by atoms with van der Waals surface area (Å²) in [4.78, 5) is 16.0. The number of rotatable bonds is 5. The second kappa shape index (κ2) is 7.77. The second-order valence-electron chi connectivity index (χ2n) is 5.98. The molecule has 0 radical (unpaired) electrons. The van der Waals surface area contributed by atoms with E-state index in [-0.39, 0.29) is 18.6 Å². The third-order valence-electron chi connectivity index (χ3n) is 4.17. The van der Waals surface area contributed by atoms with E-state index in [2.05, 4.69) is 33.8 Å². The average Bonchev–Trinajstić information content (AvgIpc) is 2.66. The van der Waals surface area contributed by atoms with Crippen LogP contribution in [0.4, 0.5) is 4.79 Å². The highest BCUT2D eigenvalue weighted by atomic mass is 16.3. The molecule has 0 aliphatic heterocycles. The van der Waals surface area contributed by atoms with E-state index in [1.165, 1.54) is 5.39 Å². The molecule has 3 aromatic rings. The molecular weight excluding hydrogens is 314 g/mol. The summed E-state index contributed by atoms with van der Waals surface area (Å²) < 4.78 is 0. The number of nitrogens with zero attached hydrogens (tertiary/aromatic N) is 1. The van der Waals surface area contributed by atoms with E-state index >= 15 is 0 Å². The van der Waals surface area contributed by atoms with Crippen molar-refractivity contribution in [2.24, 2.45) is 0 Å². The van der Waals surface area contributed by atoms with Gasteiger partial charge in [0.2, 0.25) is 0 Å². The summed E-state index contributed by atoms with van der Waals surface area (Å²) in [6.07, 6.45) is 2.46. The summed E-state index contributed by atoms with van der Waals surface area (Å²) in [7, 11) is 0. The van der Waals surface area contributed by atoms with E-state index in [4.69, 9.17) is 0 Å². The number of aliphatic hydroxyl groups excluding tert-OH is 1. The van der Waals surface area contributed by atoms with Gasteiger partial charge >= 0.3 is 6.03 Å². The number of benzene rings is 2. The van der Waals surface area contributed by atoms with Crippen LogP contribution in [0.25, 0.3) is 10.8 Å². The third-order valence-corrected chi connectivity index (χ3v) is 4.17. The zero-order valence-electron chi connectivity index (χ0n) is 14.0. The fourth-order valence-electron chi connectivity index (χ4n) is 2.70. The summed E-state index contributed by atoms with van der Waals surface area (Å²) in [6, 6.07) is 17.3. The van der Waals surface area contributed by atoms with Gasteiger partial charge in [0, 0.05) is 18.9 Å². The monoisotopic (exact) mass is 335 g/mol. The number of hydrogen-bond donors (Lipinski definition) is 3. The predicted octanol–water partition coefficient (Wildman–Crippen LogP) is 3.33. The minimum atomic E-state index is -0.760. The molecule has 1 aromatic heterocycles. The molecule has 2 atom stereocenters. The van der Waals surface area contributed by atoms with Gasteiger partial charge in [-0.3, -0.25) is 4.98 Å². The van der Waals surface area contributed by atoms with E-state index in [9.17, 15) is 9.90 Å². The van der Waals surface area contributed by atoms with Crippen LogP contribution in [0.2, 0.25) is 0 Å². The SMILES string of the molecule is CC(NC(=O)NCC(O)c1ccncc1)c1ccc2ccccc2c1. The molecule has 2 amide bonds. The van der Waals surface area contributed by atoms with Crippen molar-refractivity contribution in [3.63, 3.8) is 0 Å². The fourth-order valence-corrected chi connectivity index (χ4v) is 2.70. The van der Waals surface area contributed by atoms with Crippen LogP contribution in [-0.4, -0.2) is 22.7 Å². The molecule has 3 rings (SSSR count). The minimum absolute atomic E-state index is 0.136. The summed E-state index contributed by atoms with van der Waals surface area (Å²) in [5.41, 5.74) is 1.75. The highest BCUT2D eigenvalue weighted by molar-refractivity contribution is 5.83. The predicted molar refractivity (Wildman–Crippen MR) is 98.1 cm³/mol. The van der Waals surface area contributed by atoms with Crippen LogP contribution in [0.3, 0.4) is 0 Å². The van der Waals surface area contributed by atoms with Gasteiger partial charge in [-0.25, -0.2) is 4.79 Å². The second-order valence-corrected chi connectivity index (χ2v) is 5.98. The highest BCUT2D eigenvalue weighted by Crippen LogP contribution is 2.20. The number of amides is 2. The Kier molecular flexibility index (Phi) is 5.26. The van der Waals surface area contributed by atoms with E-state index in [0.29, 0.717) is 0 Å². The van der Waals surface area contributed by atoms with Gasteiger partial charge in [-0.15, -0.1) is 0 Å². The van der Waals surface area contributed by atoms with E-state index in [1.807, 2.05) is 31.2 Å². The summed E-state index contributed by atoms with van der Waals surface area (Å²) >= 11 is 0. The molecule has 2 unspecified atom stereocenters. The molecule has 25 heavy (non-hydrogen) atoms. The number of nitrogens with one attached hydrogen (secondary N) is 2. The zero-order chi connectivity index (χ0) is 17.6. The summed E-state index contributed by atoms with van der Waals surface area (Å²) in [5, 5.41) is 18.0. The minimum Gasteiger partial charge on any atom is -0.387 e. The standard InChI is InChI=1S/C20H21N3O2/c1-14(17-7-6-15-4-2-3-5-18(15)12-17)23-20(25)22-13-19(24)16-8-10-21-11-9-16/h2-12,14,19,24H,13H2,1H3,(H2,22,23,25). The van der Waals surface area contributed by atoms with Crippen LogP contribution < -0.4 is 10.6 Å². The molecule has 0 bridgehead atoms. The molecule has 128 valence electrons. The lowest BCUT2D eigenvalue weighted by Crippen LogP contribution is -2.39. The lowest BCUT2D eigenvalue weighted by molar-refractivity contribution is 0.172. The molecule has 0 aliphatic carbocycles. The number of urea groups is 1. The molecule has 0 aliphatic rings. The van der Waals surface area contributed by atoms with Crippen LogP contribution in [-0.2, 0) is 0 Å². The Bertz CT molecular complexity index is 852. The maximum Gasteiger partial charge on any atom is 0.315 e. The Morgan fingerprint density at radius 3 is 2.52 bits per heavy atom. The van der Waals surface area contributed by atoms with Crippen molar-refractivity contribution in [3.8, 4) is 0 Å². The average molecular weight is 335 g/mol. The first-order valence-corrected chi connectivity index (χ1v) is 8.24. The van der Waals surface area contributed by atoms with Crippen LogP contribution in [0.1, 0.15) is 30.2 Å². The molecular formula is C20H21N3O2. The molecule has 0 saturated heterocycles. The normalized spacial score (nSPS) is 13.2. The molecule has 2 aromatic carbocycles. The van der Waals surface area contributed by atoms with Crippen molar-refractivity contribution in [2.75, 3.05) is 6.54 Å². The number of carbonyl (C=O) groups is 1. The van der Waals surface area contributed by atoms with Crippen LogP contribution in [0.5, 0.6) is 0 Å². The third kappa shape index (κ3) is 4.33. The topological polar surface area (TPSA) is 74.2 Å². The first kappa shape index (κ1) is 16.9. The Balaban J connectivity index is 1.56. The fraction of sp³-hybridized carbons (Fsp3) is 0.200. The summed E-state index contributed by atoms with van der Waals surface area (Å²) in [6.45, 7) is 2.07. The van der Waals surface area contributed by atoms with Gasteiger partial charge in [-0.05, 0) is 47.0 Å². The van der Waals surface area contributed by atoms with Crippen molar-refractivity contribution >= 4 is 16.8 Å². The lowest BCUT2D eigenvalue weighted by atomic mass is 10.0. The Labute approximate surface area is 146 Å². The van der Waals surface area contributed by atoms with Gasteiger partial charge in [0.25, 0.3) is 0 Å². The van der Waals surface area contributed by atoms with Crippen LogP contribution in [0.15, 0.2) is 67.0 Å². The number of fused-ring (bicyclic) bond motifs is 1. The molecule has 0 spiro atoms. The Morgan fingerprint density at radius 1 is 1.04 bits per heavy atom. The smallest absolute Gasteiger partial charge is 0.315 e. The van der Waals surface area contributed by atoms with Gasteiger partial charge in [0.1, 0.15) is 0 Å². The molecule has 0 fully saturated rings. The van der Waals surface area contributed by atoms with E-state index in [1.54, 1.807) is 24.5 Å². The molecule has 3 N–H and O–H groups in total. The zero-order valence-corrected chi connectivity index (χ0v) is 14.0. The molecule has 5 heteroatoms. The van der Waals surface area contributed by atoms with Crippen molar-refractivity contribution in [3.05, 3.63) is 78.1 Å². The van der Waals surface area contributed by atoms with Crippen LogP contribution in [0, 0.1) is 0 Å². The molecule has 5 nitrogen and oxygen atoms in total. The van der Waals surface area contributed by atoms with E-state index < -0.39 is 6.10 Å². The van der Waals surface area contributed by atoms with Gasteiger partial charge in [-0.1, -0.05) is 36.4 Å². The van der Waals surface area contributed by atoms with Gasteiger partial charge in [0.15, 0.2) is 0 Å². The quantitative estimate of drug-likeness (QED) is 0.669. The van der Waals surface area contributed by atoms with Gasteiger partial charge < -0.3 is 15.7 Å². The van der Waals surface area contributed by atoms with Gasteiger partial charge in [-0.2, -0.15) is 0 Å². The maximum absolute atomic E-state index is 12.1. The van der Waals surface area contributed by atoms with Crippen molar-refractivity contribution in [2.45, 2.75) is 19.1 Å². The van der Waals surface area contributed by atoms with Crippen molar-refractivity contribution < 1.29 is 9.90 Å². The maximum atomic E-state index is 12.1. The number of pyridine rings is 1. The summed E-state index contributed by atoms with van der Waals surface area (Å²) in [5.74, 6) is 0. The number of aliphatic hydroxyl groups is 1. The number of carbonyl (C=O) groups excluding carboxylic acids is 1. The molecule has 1 heterocycles. The Hall–Kier alpha value is -2.92. The highest BCUT2D eigenvalue weighted by Gasteiger charge is 2.12. The largest absolute Gasteiger partial charge is 0.387 e. The Morgan fingerprint density at radius 2 is 1.76 bits per heavy atom. The number of aromatic nitrogens is 1. The lowest BCUT2D eigenvalue weighted by Gasteiger charge is -2.17.